The molecule has 0 spiro atoms. The number of rotatable bonds is 5. The number of carbonyl (C=O) groups is 1. The highest BCUT2D eigenvalue weighted by molar-refractivity contribution is 5.77. The number of aromatic nitrogens is 3. The topological polar surface area (TPSA) is 89.1 Å². The lowest BCUT2D eigenvalue weighted by Crippen LogP contribution is -2.50. The van der Waals surface area contributed by atoms with Crippen molar-refractivity contribution in [3.63, 3.8) is 0 Å². The van der Waals surface area contributed by atoms with E-state index in [9.17, 15) is 4.79 Å². The molecule has 0 saturated carbocycles. The maximum atomic E-state index is 11.3. The second kappa shape index (κ2) is 7.11. The van der Waals surface area contributed by atoms with Crippen molar-refractivity contribution >= 4 is 5.91 Å². The van der Waals surface area contributed by atoms with Crippen LogP contribution in [0.5, 0.6) is 17.4 Å². The predicted molar refractivity (Wildman–Crippen MR) is 99.6 cm³/mol. The molecular weight excluding hydrogens is 344 g/mol. The largest absolute Gasteiger partial charge is 0.469 e. The van der Waals surface area contributed by atoms with Gasteiger partial charge in [-0.1, -0.05) is 0 Å². The van der Waals surface area contributed by atoms with Gasteiger partial charge in [-0.15, -0.1) is 0 Å². The minimum Gasteiger partial charge on any atom is -0.469 e. The average molecular weight is 364 g/mol. The van der Waals surface area contributed by atoms with Gasteiger partial charge in [-0.2, -0.15) is 5.10 Å². The predicted octanol–water partition coefficient (Wildman–Crippen LogP) is 3.31. The van der Waals surface area contributed by atoms with Crippen LogP contribution in [-0.2, 0) is 4.79 Å². The third kappa shape index (κ3) is 4.08. The van der Waals surface area contributed by atoms with Gasteiger partial charge in [0.2, 0.25) is 11.8 Å². The van der Waals surface area contributed by atoms with Crippen LogP contribution in [0.1, 0.15) is 19.8 Å². The van der Waals surface area contributed by atoms with Crippen LogP contribution in [0.3, 0.4) is 0 Å². The van der Waals surface area contributed by atoms with Crippen LogP contribution in [0.4, 0.5) is 0 Å². The van der Waals surface area contributed by atoms with E-state index in [2.05, 4.69) is 20.5 Å². The molecule has 138 valence electrons. The molecule has 0 bridgehead atoms. The Balaban J connectivity index is 1.38. The number of benzene rings is 1. The normalized spacial score (nSPS) is 19.4. The van der Waals surface area contributed by atoms with Crippen LogP contribution < -0.4 is 14.8 Å². The van der Waals surface area contributed by atoms with Gasteiger partial charge in [-0.3, -0.25) is 9.89 Å². The summed E-state index contributed by atoms with van der Waals surface area (Å²) in [5.41, 5.74) is 1.55. The van der Waals surface area contributed by atoms with E-state index in [1.165, 1.54) is 0 Å². The van der Waals surface area contributed by atoms with Crippen LogP contribution in [0.15, 0.2) is 54.9 Å². The highest BCUT2D eigenvalue weighted by Crippen LogP contribution is 2.27. The molecule has 0 unspecified atom stereocenters. The zero-order valence-corrected chi connectivity index (χ0v) is 14.9. The highest BCUT2D eigenvalue weighted by Gasteiger charge is 2.32. The fourth-order valence-corrected chi connectivity index (χ4v) is 2.92. The van der Waals surface area contributed by atoms with Gasteiger partial charge in [0, 0.05) is 18.7 Å². The van der Waals surface area contributed by atoms with Gasteiger partial charge in [-0.25, -0.2) is 4.98 Å². The van der Waals surface area contributed by atoms with E-state index in [-0.39, 0.29) is 5.91 Å². The van der Waals surface area contributed by atoms with E-state index >= 15 is 0 Å². The molecule has 3 aromatic rings. The molecule has 2 aromatic heterocycles. The molecule has 2 N–H and O–H groups in total. The summed E-state index contributed by atoms with van der Waals surface area (Å²) in [7, 11) is 0. The number of nitrogens with zero attached hydrogens (tertiary/aromatic N) is 2. The molecule has 0 aliphatic carbocycles. The van der Waals surface area contributed by atoms with Crippen molar-refractivity contribution in [1.82, 2.24) is 20.5 Å². The van der Waals surface area contributed by atoms with Gasteiger partial charge in [0.25, 0.3) is 0 Å². The average Bonchev–Trinajstić information content (AvgIpc) is 3.21. The Labute approximate surface area is 156 Å². The van der Waals surface area contributed by atoms with E-state index in [4.69, 9.17) is 9.47 Å². The molecule has 1 saturated heterocycles. The number of hydrogen-bond acceptors (Lipinski definition) is 5. The standard InChI is InChI=1S/C20H20N4O3/c1-20(10-8-18(25)22-13-20)27-19-7-6-16(12-21-19)26-15-4-2-14(3-5-15)17-9-11-23-24-17/h2-7,9,11-12H,8,10,13H2,1H3,(H,22,25)(H,23,24)/t20-/m0/s1. The molecule has 7 heteroatoms. The fraction of sp³-hybridized carbons (Fsp3) is 0.250. The zero-order chi connectivity index (χ0) is 18.7. The summed E-state index contributed by atoms with van der Waals surface area (Å²) >= 11 is 0. The van der Waals surface area contributed by atoms with Gasteiger partial charge in [0.1, 0.15) is 17.1 Å². The minimum absolute atomic E-state index is 0.0614. The summed E-state index contributed by atoms with van der Waals surface area (Å²) in [5, 5.41) is 9.71. The Bertz CT molecular complexity index is 895. The number of ether oxygens (including phenoxy) is 2. The Morgan fingerprint density at radius 3 is 2.52 bits per heavy atom. The van der Waals surface area contributed by atoms with Crippen LogP contribution in [0, 0.1) is 0 Å². The monoisotopic (exact) mass is 364 g/mol. The number of hydrogen-bond donors (Lipinski definition) is 2. The summed E-state index contributed by atoms with van der Waals surface area (Å²) in [4.78, 5) is 15.6. The van der Waals surface area contributed by atoms with Crippen LogP contribution in [0.25, 0.3) is 11.3 Å². The molecule has 7 nitrogen and oxygen atoms in total. The number of pyridine rings is 1. The third-order valence-electron chi connectivity index (χ3n) is 4.50. The van der Waals surface area contributed by atoms with Crippen molar-refractivity contribution in [2.75, 3.05) is 6.54 Å². The van der Waals surface area contributed by atoms with Crippen molar-refractivity contribution in [2.45, 2.75) is 25.4 Å². The molecule has 3 heterocycles. The molecule has 4 rings (SSSR count). The van der Waals surface area contributed by atoms with Crippen molar-refractivity contribution < 1.29 is 14.3 Å². The lowest BCUT2D eigenvalue weighted by molar-refractivity contribution is -0.125. The maximum Gasteiger partial charge on any atom is 0.220 e. The fourth-order valence-electron chi connectivity index (χ4n) is 2.92. The SMILES string of the molecule is C[C@]1(Oc2ccc(Oc3ccc(-c4ccn[nH]4)cc3)cn2)CCC(=O)NC1. The van der Waals surface area contributed by atoms with Gasteiger partial charge >= 0.3 is 0 Å². The minimum atomic E-state index is -0.439. The number of H-pyrrole nitrogens is 1. The Kier molecular flexibility index (Phi) is 4.50. The van der Waals surface area contributed by atoms with Crippen LogP contribution >= 0.6 is 0 Å². The smallest absolute Gasteiger partial charge is 0.220 e. The first-order chi connectivity index (χ1) is 13.1. The van der Waals surface area contributed by atoms with E-state index in [1.807, 2.05) is 43.3 Å². The van der Waals surface area contributed by atoms with E-state index in [0.717, 1.165) is 17.0 Å². The number of nitrogens with one attached hydrogen (secondary N) is 2. The molecule has 1 aliphatic rings. The van der Waals surface area contributed by atoms with Crippen molar-refractivity contribution in [1.29, 1.82) is 0 Å². The summed E-state index contributed by atoms with van der Waals surface area (Å²) in [6.45, 7) is 2.45. The highest BCUT2D eigenvalue weighted by atomic mass is 16.5. The van der Waals surface area contributed by atoms with E-state index < -0.39 is 5.60 Å². The molecule has 1 fully saturated rings. The van der Waals surface area contributed by atoms with Crippen LogP contribution in [0.2, 0.25) is 0 Å². The summed E-state index contributed by atoms with van der Waals surface area (Å²) in [5.74, 6) is 1.91. The second-order valence-electron chi connectivity index (χ2n) is 6.76. The quantitative estimate of drug-likeness (QED) is 0.725. The number of piperidine rings is 1. The molecule has 0 radical (unpaired) electrons. The first kappa shape index (κ1) is 17.1. The third-order valence-corrected chi connectivity index (χ3v) is 4.50. The van der Waals surface area contributed by atoms with Crippen molar-refractivity contribution in [2.24, 2.45) is 0 Å². The van der Waals surface area contributed by atoms with Crippen LogP contribution in [-0.4, -0.2) is 33.2 Å². The maximum absolute atomic E-state index is 11.3. The first-order valence-electron chi connectivity index (χ1n) is 8.79. The molecule has 1 atom stereocenters. The van der Waals surface area contributed by atoms with E-state index in [0.29, 0.717) is 31.0 Å². The number of aromatic amines is 1. The molecule has 27 heavy (non-hydrogen) atoms. The van der Waals surface area contributed by atoms with Gasteiger partial charge in [0.15, 0.2) is 0 Å². The molecular formula is C20H20N4O3. The second-order valence-corrected chi connectivity index (χ2v) is 6.76. The lowest BCUT2D eigenvalue weighted by Gasteiger charge is -2.33. The molecule has 1 aliphatic heterocycles. The lowest BCUT2D eigenvalue weighted by atomic mass is 9.96. The summed E-state index contributed by atoms with van der Waals surface area (Å²) < 4.78 is 11.8. The Morgan fingerprint density at radius 2 is 1.89 bits per heavy atom. The number of carbonyl (C=O) groups excluding carboxylic acids is 1. The van der Waals surface area contributed by atoms with Crippen molar-refractivity contribution in [3.8, 4) is 28.6 Å². The van der Waals surface area contributed by atoms with Gasteiger partial charge in [0.05, 0.1) is 18.4 Å². The molecule has 1 aromatic carbocycles. The van der Waals surface area contributed by atoms with E-state index in [1.54, 1.807) is 18.5 Å². The Morgan fingerprint density at radius 1 is 1.07 bits per heavy atom. The summed E-state index contributed by atoms with van der Waals surface area (Å²) in [6.07, 6.45) is 4.48. The zero-order valence-electron chi connectivity index (χ0n) is 14.9. The Hall–Kier alpha value is -3.35. The molecule has 1 amide bonds. The summed E-state index contributed by atoms with van der Waals surface area (Å²) in [6, 6.07) is 13.2. The first-order valence-corrected chi connectivity index (χ1v) is 8.79. The van der Waals surface area contributed by atoms with Gasteiger partial charge < -0.3 is 14.8 Å². The van der Waals surface area contributed by atoms with Crippen molar-refractivity contribution in [3.05, 3.63) is 54.9 Å². The number of amides is 1. The van der Waals surface area contributed by atoms with Gasteiger partial charge in [-0.05, 0) is 55.3 Å².